The van der Waals surface area contributed by atoms with Crippen LogP contribution >= 0.6 is 0 Å². The van der Waals surface area contributed by atoms with E-state index in [-0.39, 0.29) is 0 Å². The van der Waals surface area contributed by atoms with Crippen LogP contribution in [0.3, 0.4) is 0 Å². The molecular weight excluding hydrogens is 184 g/mol. The van der Waals surface area contributed by atoms with Gasteiger partial charge in [-0.25, -0.2) is 0 Å². The van der Waals surface area contributed by atoms with Crippen LogP contribution in [0.1, 0.15) is 32.1 Å². The summed E-state index contributed by atoms with van der Waals surface area (Å²) in [7, 11) is 0. The van der Waals surface area contributed by atoms with Crippen molar-refractivity contribution in [2.24, 2.45) is 5.92 Å². The monoisotopic (exact) mass is 208 g/mol. The van der Waals surface area contributed by atoms with Gasteiger partial charge in [0.25, 0.3) is 0 Å². The normalized spacial score (nSPS) is 23.3. The van der Waals surface area contributed by atoms with Gasteiger partial charge in [0.1, 0.15) is 0 Å². The smallest absolute Gasteiger partial charge is 0.00966 e. The van der Waals surface area contributed by atoms with Crippen LogP contribution in [0.5, 0.6) is 0 Å². The van der Waals surface area contributed by atoms with E-state index in [1.54, 1.807) is 0 Å². The van der Waals surface area contributed by atoms with Gasteiger partial charge < -0.3 is 5.32 Å². The third kappa shape index (κ3) is 3.62. The van der Waals surface area contributed by atoms with Crippen LogP contribution in [0.15, 0.2) is 12.7 Å². The Morgan fingerprint density at radius 2 is 1.93 bits per heavy atom. The van der Waals surface area contributed by atoms with Gasteiger partial charge in [-0.3, -0.25) is 4.90 Å². The Labute approximate surface area is 93.7 Å². The Hall–Kier alpha value is -0.340. The number of hydrogen-bond donors (Lipinski definition) is 1. The average Bonchev–Trinajstić information content (AvgIpc) is 3.09. The molecule has 2 heteroatoms. The second-order valence-corrected chi connectivity index (χ2v) is 5.00. The van der Waals surface area contributed by atoms with Crippen LogP contribution in [0.4, 0.5) is 0 Å². The standard InChI is InChI=1S/C13H24N2/c1-2-3-10-15(13-4-5-13)11-12-6-8-14-9-7-12/h2,12-14H,1,3-11H2. The summed E-state index contributed by atoms with van der Waals surface area (Å²) in [5, 5.41) is 3.44. The molecule has 15 heavy (non-hydrogen) atoms. The predicted octanol–water partition coefficient (Wildman–Crippen LogP) is 2.03. The van der Waals surface area contributed by atoms with E-state index in [4.69, 9.17) is 0 Å². The van der Waals surface area contributed by atoms with Gasteiger partial charge in [0.2, 0.25) is 0 Å². The minimum atomic E-state index is 0.917. The maximum Gasteiger partial charge on any atom is 0.00966 e. The molecule has 0 unspecified atom stereocenters. The summed E-state index contributed by atoms with van der Waals surface area (Å²) in [6.07, 6.45) is 8.82. The Balaban J connectivity index is 1.74. The first-order valence-corrected chi connectivity index (χ1v) is 6.46. The topological polar surface area (TPSA) is 15.3 Å². The summed E-state index contributed by atoms with van der Waals surface area (Å²) in [5.41, 5.74) is 0. The maximum absolute atomic E-state index is 3.82. The molecule has 0 bridgehead atoms. The van der Waals surface area contributed by atoms with E-state index < -0.39 is 0 Å². The summed E-state index contributed by atoms with van der Waals surface area (Å²) in [4.78, 5) is 2.71. The molecule has 0 aromatic rings. The summed E-state index contributed by atoms with van der Waals surface area (Å²) >= 11 is 0. The first kappa shape index (κ1) is 11.2. The van der Waals surface area contributed by atoms with Crippen LogP contribution in [0.25, 0.3) is 0 Å². The van der Waals surface area contributed by atoms with E-state index in [0.29, 0.717) is 0 Å². The molecule has 2 nitrogen and oxygen atoms in total. The first-order valence-electron chi connectivity index (χ1n) is 6.46. The molecule has 0 atom stereocenters. The molecule has 1 saturated heterocycles. The molecule has 86 valence electrons. The van der Waals surface area contributed by atoms with Crippen molar-refractivity contribution in [3.05, 3.63) is 12.7 Å². The zero-order chi connectivity index (χ0) is 10.5. The zero-order valence-electron chi connectivity index (χ0n) is 9.75. The van der Waals surface area contributed by atoms with Gasteiger partial charge in [0.15, 0.2) is 0 Å². The second-order valence-electron chi connectivity index (χ2n) is 5.00. The van der Waals surface area contributed by atoms with Crippen LogP contribution < -0.4 is 5.32 Å². The highest BCUT2D eigenvalue weighted by molar-refractivity contribution is 4.87. The van der Waals surface area contributed by atoms with Gasteiger partial charge >= 0.3 is 0 Å². The third-order valence-corrected chi connectivity index (χ3v) is 3.64. The Morgan fingerprint density at radius 1 is 1.20 bits per heavy atom. The molecule has 1 heterocycles. The van der Waals surface area contributed by atoms with Crippen molar-refractivity contribution in [1.82, 2.24) is 10.2 Å². The fourth-order valence-electron chi connectivity index (χ4n) is 2.52. The predicted molar refractivity (Wildman–Crippen MR) is 65.0 cm³/mol. The largest absolute Gasteiger partial charge is 0.317 e. The van der Waals surface area contributed by atoms with Gasteiger partial charge in [-0.15, -0.1) is 6.58 Å². The number of nitrogens with zero attached hydrogens (tertiary/aromatic N) is 1. The van der Waals surface area contributed by atoms with E-state index in [1.165, 1.54) is 51.9 Å². The van der Waals surface area contributed by atoms with E-state index >= 15 is 0 Å². The number of nitrogens with one attached hydrogen (secondary N) is 1. The minimum Gasteiger partial charge on any atom is -0.317 e. The third-order valence-electron chi connectivity index (χ3n) is 3.64. The van der Waals surface area contributed by atoms with Crippen molar-refractivity contribution in [1.29, 1.82) is 0 Å². The molecule has 2 fully saturated rings. The molecule has 1 N–H and O–H groups in total. The molecule has 0 aromatic heterocycles. The van der Waals surface area contributed by atoms with Crippen molar-refractivity contribution >= 4 is 0 Å². The number of hydrogen-bond acceptors (Lipinski definition) is 2. The molecule has 1 aliphatic heterocycles. The lowest BCUT2D eigenvalue weighted by Gasteiger charge is -2.29. The van der Waals surface area contributed by atoms with Crippen LogP contribution in [-0.2, 0) is 0 Å². The lowest BCUT2D eigenvalue weighted by Crippen LogP contribution is -2.37. The van der Waals surface area contributed by atoms with E-state index in [0.717, 1.165) is 18.4 Å². The van der Waals surface area contributed by atoms with E-state index in [9.17, 15) is 0 Å². The van der Waals surface area contributed by atoms with Crippen LogP contribution in [0, 0.1) is 5.92 Å². The van der Waals surface area contributed by atoms with Crippen molar-refractivity contribution in [3.63, 3.8) is 0 Å². The molecule has 0 spiro atoms. The van der Waals surface area contributed by atoms with Gasteiger partial charge in [0.05, 0.1) is 0 Å². The molecule has 2 rings (SSSR count). The zero-order valence-corrected chi connectivity index (χ0v) is 9.75. The molecular formula is C13H24N2. The minimum absolute atomic E-state index is 0.917. The van der Waals surface area contributed by atoms with Gasteiger partial charge in [-0.05, 0) is 51.1 Å². The summed E-state index contributed by atoms with van der Waals surface area (Å²) in [6, 6.07) is 0.917. The van der Waals surface area contributed by atoms with Gasteiger partial charge in [0, 0.05) is 19.1 Å². The maximum atomic E-state index is 3.82. The average molecular weight is 208 g/mol. The van der Waals surface area contributed by atoms with Crippen molar-refractivity contribution < 1.29 is 0 Å². The summed E-state index contributed by atoms with van der Waals surface area (Å²) in [5.74, 6) is 0.941. The van der Waals surface area contributed by atoms with Crippen molar-refractivity contribution in [2.75, 3.05) is 26.2 Å². The lowest BCUT2D eigenvalue weighted by atomic mass is 9.97. The van der Waals surface area contributed by atoms with E-state index in [2.05, 4.69) is 22.9 Å². The van der Waals surface area contributed by atoms with Crippen LogP contribution in [0.2, 0.25) is 0 Å². The fraction of sp³-hybridized carbons (Fsp3) is 0.846. The van der Waals surface area contributed by atoms with Gasteiger partial charge in [-0.2, -0.15) is 0 Å². The van der Waals surface area contributed by atoms with E-state index in [1.807, 2.05) is 0 Å². The number of rotatable bonds is 6. The van der Waals surface area contributed by atoms with Crippen molar-refractivity contribution in [2.45, 2.75) is 38.1 Å². The lowest BCUT2D eigenvalue weighted by molar-refractivity contribution is 0.200. The highest BCUT2D eigenvalue weighted by Crippen LogP contribution is 2.28. The molecule has 0 amide bonds. The molecule has 0 aromatic carbocycles. The fourth-order valence-corrected chi connectivity index (χ4v) is 2.52. The molecule has 1 aliphatic carbocycles. The highest BCUT2D eigenvalue weighted by atomic mass is 15.2. The molecule has 1 saturated carbocycles. The summed E-state index contributed by atoms with van der Waals surface area (Å²) < 4.78 is 0. The Kier molecular flexibility index (Phi) is 4.21. The summed E-state index contributed by atoms with van der Waals surface area (Å²) in [6.45, 7) is 8.84. The molecule has 2 aliphatic rings. The van der Waals surface area contributed by atoms with Gasteiger partial charge in [-0.1, -0.05) is 6.08 Å². The van der Waals surface area contributed by atoms with Crippen LogP contribution in [-0.4, -0.2) is 37.1 Å². The first-order chi connectivity index (χ1) is 7.40. The SMILES string of the molecule is C=CCCN(CC1CCNCC1)C1CC1. The number of piperidine rings is 1. The van der Waals surface area contributed by atoms with Crippen molar-refractivity contribution in [3.8, 4) is 0 Å². The Morgan fingerprint density at radius 3 is 2.53 bits per heavy atom. The second kappa shape index (κ2) is 5.66. The highest BCUT2D eigenvalue weighted by Gasteiger charge is 2.30. The quantitative estimate of drug-likeness (QED) is 0.672. The Bertz CT molecular complexity index is 193. The molecule has 0 radical (unpaired) electrons.